The summed E-state index contributed by atoms with van der Waals surface area (Å²) < 4.78 is 4.66. The highest BCUT2D eigenvalue weighted by Gasteiger charge is 2.19. The van der Waals surface area contributed by atoms with Crippen molar-refractivity contribution in [2.24, 2.45) is 5.92 Å². The Labute approximate surface area is 105 Å². The molecule has 1 aromatic heterocycles. The molecule has 0 amide bonds. The van der Waals surface area contributed by atoms with Crippen LogP contribution in [0.25, 0.3) is 0 Å². The number of carbonyl (C=O) groups is 1. The molecule has 0 aromatic carbocycles. The molecule has 0 bridgehead atoms. The zero-order valence-electron chi connectivity index (χ0n) is 10.2. The molecule has 1 N–H and O–H groups in total. The van der Waals surface area contributed by atoms with Crippen LogP contribution < -0.4 is 5.32 Å². The van der Waals surface area contributed by atoms with Crippen molar-refractivity contribution in [3.63, 3.8) is 0 Å². The number of anilines is 1. The molecule has 0 saturated heterocycles. The van der Waals surface area contributed by atoms with Crippen molar-refractivity contribution < 1.29 is 9.53 Å². The van der Waals surface area contributed by atoms with Crippen LogP contribution in [0, 0.1) is 5.92 Å². The van der Waals surface area contributed by atoms with Crippen molar-refractivity contribution in [1.82, 2.24) is 4.98 Å². The molecule has 1 heterocycles. The maximum Gasteiger partial charge on any atom is 0.349 e. The monoisotopic (exact) mass is 254 g/mol. The minimum Gasteiger partial charge on any atom is -0.465 e. The molecule has 5 heteroatoms. The Kier molecular flexibility index (Phi) is 3.99. The summed E-state index contributed by atoms with van der Waals surface area (Å²) >= 11 is 1.36. The number of rotatable bonds is 3. The summed E-state index contributed by atoms with van der Waals surface area (Å²) in [5, 5.41) is 4.22. The van der Waals surface area contributed by atoms with E-state index in [4.69, 9.17) is 0 Å². The van der Waals surface area contributed by atoms with Gasteiger partial charge in [0.1, 0.15) is 4.88 Å². The summed E-state index contributed by atoms with van der Waals surface area (Å²) in [4.78, 5) is 16.0. The molecule has 0 radical (unpaired) electrons. The van der Waals surface area contributed by atoms with Crippen LogP contribution in [-0.4, -0.2) is 24.1 Å². The van der Waals surface area contributed by atoms with Gasteiger partial charge in [-0.1, -0.05) is 18.3 Å². The lowest BCUT2D eigenvalue weighted by Crippen LogP contribution is -2.24. The Morgan fingerprint density at radius 2 is 2.18 bits per heavy atom. The second-order valence-corrected chi connectivity index (χ2v) is 5.65. The van der Waals surface area contributed by atoms with Crippen molar-refractivity contribution in [2.75, 3.05) is 12.4 Å². The number of ether oxygens (including phenoxy) is 1. The SMILES string of the molecule is COC(=O)c1cnc(NC2CCC(C)CC2)s1. The molecule has 0 spiro atoms. The van der Waals surface area contributed by atoms with E-state index >= 15 is 0 Å². The van der Waals surface area contributed by atoms with Gasteiger partial charge in [0, 0.05) is 6.04 Å². The molecule has 1 aliphatic rings. The van der Waals surface area contributed by atoms with E-state index in [1.165, 1.54) is 44.1 Å². The molecule has 17 heavy (non-hydrogen) atoms. The van der Waals surface area contributed by atoms with Crippen LogP contribution in [0.1, 0.15) is 42.3 Å². The Balaban J connectivity index is 1.90. The Morgan fingerprint density at radius 3 is 2.82 bits per heavy atom. The lowest BCUT2D eigenvalue weighted by Gasteiger charge is -2.26. The fourth-order valence-corrected chi connectivity index (χ4v) is 2.93. The molecular weight excluding hydrogens is 236 g/mol. The van der Waals surface area contributed by atoms with E-state index in [0.29, 0.717) is 10.9 Å². The highest BCUT2D eigenvalue weighted by molar-refractivity contribution is 7.17. The third-order valence-corrected chi connectivity index (χ3v) is 4.14. The molecule has 1 saturated carbocycles. The first-order valence-electron chi connectivity index (χ1n) is 5.99. The predicted octanol–water partition coefficient (Wildman–Crippen LogP) is 2.92. The smallest absolute Gasteiger partial charge is 0.349 e. The molecule has 2 rings (SSSR count). The van der Waals surface area contributed by atoms with Crippen molar-refractivity contribution in [3.05, 3.63) is 11.1 Å². The van der Waals surface area contributed by atoms with E-state index in [1.807, 2.05) is 0 Å². The molecule has 0 atom stereocenters. The van der Waals surface area contributed by atoms with Gasteiger partial charge in [0.2, 0.25) is 0 Å². The minimum absolute atomic E-state index is 0.312. The number of hydrogen-bond donors (Lipinski definition) is 1. The average Bonchev–Trinajstić information content (AvgIpc) is 2.80. The van der Waals surface area contributed by atoms with E-state index in [-0.39, 0.29) is 5.97 Å². The fraction of sp³-hybridized carbons (Fsp3) is 0.667. The summed E-state index contributed by atoms with van der Waals surface area (Å²) in [6.45, 7) is 2.30. The number of carbonyl (C=O) groups excluding carboxylic acids is 1. The number of hydrogen-bond acceptors (Lipinski definition) is 5. The summed E-state index contributed by atoms with van der Waals surface area (Å²) in [5.74, 6) is 0.530. The Hall–Kier alpha value is -1.10. The largest absolute Gasteiger partial charge is 0.465 e. The minimum atomic E-state index is -0.312. The first kappa shape index (κ1) is 12.4. The van der Waals surface area contributed by atoms with Crippen molar-refractivity contribution in [2.45, 2.75) is 38.6 Å². The average molecular weight is 254 g/mol. The van der Waals surface area contributed by atoms with Gasteiger partial charge >= 0.3 is 5.97 Å². The zero-order valence-corrected chi connectivity index (χ0v) is 11.0. The van der Waals surface area contributed by atoms with Gasteiger partial charge in [0.25, 0.3) is 0 Å². The maximum absolute atomic E-state index is 11.3. The Morgan fingerprint density at radius 1 is 1.47 bits per heavy atom. The van der Waals surface area contributed by atoms with Crippen molar-refractivity contribution in [3.8, 4) is 0 Å². The number of thiazole rings is 1. The van der Waals surface area contributed by atoms with E-state index < -0.39 is 0 Å². The first-order valence-corrected chi connectivity index (χ1v) is 6.81. The molecular formula is C12H18N2O2S. The predicted molar refractivity (Wildman–Crippen MR) is 68.5 cm³/mol. The van der Waals surface area contributed by atoms with E-state index in [1.54, 1.807) is 6.20 Å². The van der Waals surface area contributed by atoms with Gasteiger partial charge in [-0.3, -0.25) is 0 Å². The second kappa shape index (κ2) is 5.49. The van der Waals surface area contributed by atoms with Gasteiger partial charge in [-0.05, 0) is 31.6 Å². The first-order chi connectivity index (χ1) is 8.19. The van der Waals surface area contributed by atoms with Crippen molar-refractivity contribution >= 4 is 22.4 Å². The van der Waals surface area contributed by atoms with Gasteiger partial charge in [-0.2, -0.15) is 0 Å². The summed E-state index contributed by atoms with van der Waals surface area (Å²) in [5.41, 5.74) is 0. The van der Waals surface area contributed by atoms with Crippen LogP contribution in [0.4, 0.5) is 5.13 Å². The van der Waals surface area contributed by atoms with Gasteiger partial charge in [0.15, 0.2) is 5.13 Å². The van der Waals surface area contributed by atoms with Crippen LogP contribution >= 0.6 is 11.3 Å². The highest BCUT2D eigenvalue weighted by atomic mass is 32.1. The van der Waals surface area contributed by atoms with Gasteiger partial charge in [0.05, 0.1) is 13.3 Å². The summed E-state index contributed by atoms with van der Waals surface area (Å²) in [6.07, 6.45) is 6.49. The number of nitrogens with zero attached hydrogens (tertiary/aromatic N) is 1. The van der Waals surface area contributed by atoms with E-state index in [0.717, 1.165) is 11.0 Å². The van der Waals surface area contributed by atoms with E-state index in [9.17, 15) is 4.79 Å². The topological polar surface area (TPSA) is 51.2 Å². The van der Waals surface area contributed by atoms with E-state index in [2.05, 4.69) is 22.0 Å². The van der Waals surface area contributed by atoms with Crippen LogP contribution in [0.2, 0.25) is 0 Å². The highest BCUT2D eigenvalue weighted by Crippen LogP contribution is 2.27. The second-order valence-electron chi connectivity index (χ2n) is 4.62. The molecule has 1 fully saturated rings. The number of nitrogens with one attached hydrogen (secondary N) is 1. The number of methoxy groups -OCH3 is 1. The molecule has 0 aliphatic heterocycles. The fourth-order valence-electron chi connectivity index (χ4n) is 2.11. The Bertz CT molecular complexity index is 384. The van der Waals surface area contributed by atoms with Gasteiger partial charge in [-0.25, -0.2) is 9.78 Å². The van der Waals surface area contributed by atoms with Crippen LogP contribution in [0.15, 0.2) is 6.20 Å². The van der Waals surface area contributed by atoms with Crippen LogP contribution in [0.3, 0.4) is 0 Å². The summed E-state index contributed by atoms with van der Waals surface area (Å²) in [7, 11) is 1.39. The third-order valence-electron chi connectivity index (χ3n) is 3.24. The maximum atomic E-state index is 11.3. The lowest BCUT2D eigenvalue weighted by molar-refractivity contribution is 0.0606. The molecule has 1 aliphatic carbocycles. The van der Waals surface area contributed by atoms with Gasteiger partial charge in [-0.15, -0.1) is 0 Å². The lowest BCUT2D eigenvalue weighted by atomic mass is 9.87. The molecule has 4 nitrogen and oxygen atoms in total. The third kappa shape index (κ3) is 3.19. The molecule has 1 aromatic rings. The van der Waals surface area contributed by atoms with Crippen LogP contribution in [0.5, 0.6) is 0 Å². The standard InChI is InChI=1S/C12H18N2O2S/c1-8-3-5-9(6-4-8)14-12-13-7-10(17-12)11(15)16-2/h7-9H,3-6H2,1-2H3,(H,13,14). The van der Waals surface area contributed by atoms with Crippen LogP contribution in [-0.2, 0) is 4.74 Å². The number of esters is 1. The van der Waals surface area contributed by atoms with Gasteiger partial charge < -0.3 is 10.1 Å². The van der Waals surface area contributed by atoms with Crippen molar-refractivity contribution in [1.29, 1.82) is 0 Å². The molecule has 94 valence electrons. The molecule has 0 unspecified atom stereocenters. The number of aromatic nitrogens is 1. The quantitative estimate of drug-likeness (QED) is 0.843. The normalized spacial score (nSPS) is 24.4. The summed E-state index contributed by atoms with van der Waals surface area (Å²) in [6, 6.07) is 0.503. The zero-order chi connectivity index (χ0) is 12.3.